The predicted molar refractivity (Wildman–Crippen MR) is 302 cm³/mol. The van der Waals surface area contributed by atoms with E-state index in [-0.39, 0.29) is 69.4 Å². The van der Waals surface area contributed by atoms with Crippen LogP contribution in [0.15, 0.2) is 139 Å². The average molecular weight is 1070 g/mol. The Hall–Kier alpha value is -6.61. The van der Waals surface area contributed by atoms with Crippen LogP contribution in [0.5, 0.6) is 17.2 Å². The second kappa shape index (κ2) is 28.8. The van der Waals surface area contributed by atoms with Gasteiger partial charge >= 0.3 is 6.09 Å². The maximum Gasteiger partial charge on any atom is 0.410 e. The van der Waals surface area contributed by atoms with E-state index in [9.17, 15) is 24.7 Å². The summed E-state index contributed by atoms with van der Waals surface area (Å²) in [6, 6.07) is 31.3. The molecule has 0 bridgehead atoms. The van der Waals surface area contributed by atoms with Crippen molar-refractivity contribution in [2.24, 2.45) is 22.9 Å². The number of unbranched alkanes of at least 4 members (excludes halogenated alkanes) is 11. The van der Waals surface area contributed by atoms with E-state index in [4.69, 9.17) is 28.9 Å². The highest BCUT2D eigenvalue weighted by molar-refractivity contribution is 6.03. The molecular formula is C64H78FN3O10. The molecule has 5 aromatic rings. The summed E-state index contributed by atoms with van der Waals surface area (Å²) in [5, 5.41) is 38.8. The minimum atomic E-state index is -1.59. The van der Waals surface area contributed by atoms with Gasteiger partial charge in [0.1, 0.15) is 35.7 Å². The van der Waals surface area contributed by atoms with Crippen molar-refractivity contribution in [3.63, 3.8) is 0 Å². The number of nitro benzene ring substituents is 1. The van der Waals surface area contributed by atoms with Gasteiger partial charge in [-0.2, -0.15) is 0 Å². The van der Waals surface area contributed by atoms with E-state index in [2.05, 4.69) is 37.8 Å². The zero-order valence-electron chi connectivity index (χ0n) is 45.3. The van der Waals surface area contributed by atoms with E-state index in [0.29, 0.717) is 53.3 Å². The molecule has 1 amide bonds. The molecular weight excluding hydrogens is 990 g/mol. The lowest BCUT2D eigenvalue weighted by Gasteiger charge is -2.59. The molecule has 1 saturated carbocycles. The number of rotatable bonds is 31. The molecule has 5 aromatic carbocycles. The summed E-state index contributed by atoms with van der Waals surface area (Å²) in [5.41, 5.74) is 3.59. The smallest absolute Gasteiger partial charge is 0.410 e. The largest absolute Gasteiger partial charge is 0.459 e. The van der Waals surface area contributed by atoms with Crippen LogP contribution in [0, 0.1) is 33.7 Å². The first-order valence-electron chi connectivity index (χ1n) is 28.4. The molecule has 0 aromatic heterocycles. The first-order chi connectivity index (χ1) is 38.2. The minimum absolute atomic E-state index is 0.00432. The number of oxime groups is 1. The molecule has 1 aliphatic heterocycles. The van der Waals surface area contributed by atoms with Crippen LogP contribution in [0.4, 0.5) is 14.9 Å². The maximum absolute atomic E-state index is 15.2. The Morgan fingerprint density at radius 3 is 2.19 bits per heavy atom. The Kier molecular flexibility index (Phi) is 21.3. The molecule has 13 nitrogen and oxygen atoms in total. The topological polar surface area (TPSA) is 162 Å². The molecule has 6 atom stereocenters. The van der Waals surface area contributed by atoms with Gasteiger partial charge in [0, 0.05) is 49.8 Å². The summed E-state index contributed by atoms with van der Waals surface area (Å²) < 4.78 is 42.3. The van der Waals surface area contributed by atoms with Gasteiger partial charge in [0.15, 0.2) is 0 Å². The van der Waals surface area contributed by atoms with Gasteiger partial charge in [-0.15, -0.1) is 6.58 Å². The highest BCUT2D eigenvalue weighted by Gasteiger charge is 2.65. The zero-order valence-corrected chi connectivity index (χ0v) is 45.3. The van der Waals surface area contributed by atoms with Crippen molar-refractivity contribution in [1.29, 1.82) is 0 Å². The number of fused-ring (bicyclic) bond motifs is 3. The summed E-state index contributed by atoms with van der Waals surface area (Å²) >= 11 is 0. The maximum atomic E-state index is 15.2. The molecule has 0 unspecified atom stereocenters. The van der Waals surface area contributed by atoms with Crippen LogP contribution >= 0.6 is 0 Å². The quantitative estimate of drug-likeness (QED) is 0.0189. The summed E-state index contributed by atoms with van der Waals surface area (Å²) in [5.74, 6) is -1.20. The summed E-state index contributed by atoms with van der Waals surface area (Å²) in [6.07, 6.45) is 18.9. The number of non-ortho nitro benzene ring substituents is 1. The SMILES string of the molecule is C=CCO[C@@]12Oc3ccc(Oc4ccc5ccccc5c4)cc3[C@H]3[C@H](CCCCO)[C@@H](CCCCO)C=C(C(=NOCc4ccc([N+](=O)[O-])cc4)C[C@@H]1N(Cc1ccc(F)cc1)C(=O)OCCCCCCCCCCCC)[C@H]32. The number of ether oxygens (including phenoxy) is 4. The van der Waals surface area contributed by atoms with E-state index in [1.807, 2.05) is 42.5 Å². The normalized spacial score (nSPS) is 20.7. The molecule has 416 valence electrons. The number of hydrogen-bond acceptors (Lipinski definition) is 11. The van der Waals surface area contributed by atoms with Crippen LogP contribution in [-0.2, 0) is 27.5 Å². The van der Waals surface area contributed by atoms with Gasteiger partial charge in [-0.3, -0.25) is 15.0 Å². The molecule has 2 N–H and O–H groups in total. The van der Waals surface area contributed by atoms with E-state index < -0.39 is 34.6 Å². The van der Waals surface area contributed by atoms with Crippen LogP contribution in [0.3, 0.4) is 0 Å². The fourth-order valence-corrected chi connectivity index (χ4v) is 11.9. The van der Waals surface area contributed by atoms with Gasteiger partial charge < -0.3 is 34.0 Å². The number of hydrogen-bond donors (Lipinski definition) is 2. The number of nitro groups is 1. The van der Waals surface area contributed by atoms with Crippen LogP contribution < -0.4 is 9.47 Å². The molecule has 1 fully saturated rings. The molecule has 0 radical (unpaired) electrons. The van der Waals surface area contributed by atoms with Crippen molar-refractivity contribution in [1.82, 2.24) is 4.90 Å². The summed E-state index contributed by atoms with van der Waals surface area (Å²) in [4.78, 5) is 34.2. The lowest BCUT2D eigenvalue weighted by Crippen LogP contribution is -2.70. The third kappa shape index (κ3) is 14.5. The minimum Gasteiger partial charge on any atom is -0.459 e. The summed E-state index contributed by atoms with van der Waals surface area (Å²) in [7, 11) is 0. The van der Waals surface area contributed by atoms with Crippen LogP contribution in [0.2, 0.25) is 0 Å². The van der Waals surface area contributed by atoms with Crippen molar-refractivity contribution in [2.45, 2.75) is 147 Å². The zero-order chi connectivity index (χ0) is 54.7. The van der Waals surface area contributed by atoms with Gasteiger partial charge in [-0.1, -0.05) is 137 Å². The van der Waals surface area contributed by atoms with Crippen LogP contribution in [-0.4, -0.2) is 70.1 Å². The third-order valence-corrected chi connectivity index (χ3v) is 15.8. The van der Waals surface area contributed by atoms with Crippen molar-refractivity contribution in [2.75, 3.05) is 26.4 Å². The second-order valence-electron chi connectivity index (χ2n) is 21.1. The molecule has 0 spiro atoms. The highest BCUT2D eigenvalue weighted by atomic mass is 19.1. The number of benzene rings is 5. The fraction of sp³-hybridized carbons (Fsp3) is 0.469. The van der Waals surface area contributed by atoms with Crippen molar-refractivity contribution in [3.8, 4) is 17.2 Å². The summed E-state index contributed by atoms with van der Waals surface area (Å²) in [6.45, 7) is 6.68. The molecule has 0 saturated heterocycles. The number of amides is 1. The number of halogens is 1. The first-order valence-corrected chi connectivity index (χ1v) is 28.4. The van der Waals surface area contributed by atoms with E-state index in [1.165, 1.54) is 62.8 Å². The average Bonchev–Trinajstić information content (AvgIpc) is 2.89. The molecule has 2 aliphatic carbocycles. The molecule has 3 aliphatic rings. The van der Waals surface area contributed by atoms with Crippen LogP contribution in [0.1, 0.15) is 139 Å². The van der Waals surface area contributed by atoms with E-state index >= 15 is 4.79 Å². The van der Waals surface area contributed by atoms with Crippen LogP contribution in [0.25, 0.3) is 10.8 Å². The second-order valence-corrected chi connectivity index (χ2v) is 21.1. The number of allylic oxidation sites excluding steroid dienone is 1. The standard InChI is InChI=1S/C64H78FN3O10/c1-3-5-6-7-8-9-10-11-12-19-39-74-63(71)67(44-46-24-29-51(65)30-25-46)60-43-58(66-76-45-47-26-31-52(32-27-47)68(72)73)56-41-50(22-15-17-36-69)55(23-16-18-37-70)61-57-42-54(77-53-33-28-48-20-13-14-21-49(48)40-53)34-35-59(57)78-64(60,62(56)61)75-38-4-2/h4,13-14,20-21,24-35,40-42,50,55,60-62,69-70H,2-3,5-12,15-19,22-23,36-39,43-45H2,1H3/t50-,55+,60-,61+,62+,64+/m0/s1. The van der Waals surface area contributed by atoms with Crippen molar-refractivity contribution in [3.05, 3.63) is 166 Å². The van der Waals surface area contributed by atoms with Crippen molar-refractivity contribution >= 4 is 28.3 Å². The number of nitrogens with zero attached hydrogens (tertiary/aromatic N) is 3. The number of carbonyl (C=O) groups excluding carboxylic acids is 1. The van der Waals surface area contributed by atoms with Gasteiger partial charge in [0.25, 0.3) is 5.69 Å². The molecule has 78 heavy (non-hydrogen) atoms. The predicted octanol–water partition coefficient (Wildman–Crippen LogP) is 15.1. The van der Waals surface area contributed by atoms with Gasteiger partial charge in [0.2, 0.25) is 5.79 Å². The Morgan fingerprint density at radius 1 is 0.821 bits per heavy atom. The molecule has 14 heteroatoms. The van der Waals surface area contributed by atoms with Gasteiger partial charge in [-0.25, -0.2) is 9.18 Å². The first kappa shape index (κ1) is 57.6. The Labute approximate surface area is 459 Å². The van der Waals surface area contributed by atoms with Gasteiger partial charge in [-0.05, 0) is 126 Å². The van der Waals surface area contributed by atoms with Gasteiger partial charge in [0.05, 0.1) is 29.8 Å². The molecule has 1 heterocycles. The Balaban J connectivity index is 1.24. The number of aliphatic hydroxyl groups is 2. The molecule has 8 rings (SSSR count). The fourth-order valence-electron chi connectivity index (χ4n) is 11.9. The third-order valence-electron chi connectivity index (χ3n) is 15.8. The lowest BCUT2D eigenvalue weighted by molar-refractivity contribution is -0.384. The van der Waals surface area contributed by atoms with Crippen molar-refractivity contribution < 1.29 is 48.1 Å². The number of aliphatic hydroxyl groups excluding tert-OH is 2. The van der Waals surface area contributed by atoms with E-state index in [1.54, 1.807) is 35.2 Å². The Bertz CT molecular complexity index is 2800. The highest BCUT2D eigenvalue weighted by Crippen LogP contribution is 2.62. The Morgan fingerprint density at radius 2 is 1.49 bits per heavy atom. The number of carbonyl (C=O) groups is 1. The lowest BCUT2D eigenvalue weighted by atomic mass is 9.55. The monoisotopic (exact) mass is 1070 g/mol. The van der Waals surface area contributed by atoms with E-state index in [0.717, 1.165) is 66.9 Å².